The van der Waals surface area contributed by atoms with Gasteiger partial charge >= 0.3 is 0 Å². The van der Waals surface area contributed by atoms with Crippen LogP contribution in [0.1, 0.15) is 10.4 Å². The third-order valence-corrected chi connectivity index (χ3v) is 1.80. The first kappa shape index (κ1) is 6.60. The van der Waals surface area contributed by atoms with Crippen LogP contribution in [0.25, 0.3) is 0 Å². The van der Waals surface area contributed by atoms with Crippen molar-refractivity contribution in [2.45, 2.75) is 5.50 Å². The summed E-state index contributed by atoms with van der Waals surface area (Å²) in [5.74, 6) is 0.633. The second kappa shape index (κ2) is 2.20. The third-order valence-electron chi connectivity index (χ3n) is 1.54. The summed E-state index contributed by atoms with van der Waals surface area (Å²) < 4.78 is 0. The molecule has 1 unspecified atom stereocenters. The van der Waals surface area contributed by atoms with E-state index in [2.05, 4.69) is 28.2 Å². The molecule has 1 aromatic heterocycles. The molecule has 0 saturated heterocycles. The molecule has 0 aliphatic carbocycles. The number of amides is 1. The van der Waals surface area contributed by atoms with Gasteiger partial charge in [-0.25, -0.2) is 0 Å². The first-order chi connectivity index (χ1) is 5.27. The van der Waals surface area contributed by atoms with Crippen LogP contribution in [0.3, 0.4) is 0 Å². The summed E-state index contributed by atoms with van der Waals surface area (Å²) in [7, 11) is 0. The first-order valence-corrected chi connectivity index (χ1v) is 3.72. The van der Waals surface area contributed by atoms with Gasteiger partial charge in [0.2, 0.25) is 0 Å². The molecule has 0 saturated carbocycles. The van der Waals surface area contributed by atoms with Crippen molar-refractivity contribution in [2.24, 2.45) is 0 Å². The molecule has 4 nitrogen and oxygen atoms in total. The number of carbonyl (C=O) groups is 1. The van der Waals surface area contributed by atoms with Crippen molar-refractivity contribution < 1.29 is 4.79 Å². The summed E-state index contributed by atoms with van der Waals surface area (Å²) in [6.07, 6.45) is 1.71. The fourth-order valence-electron chi connectivity index (χ4n) is 1.05. The second-order valence-electron chi connectivity index (χ2n) is 2.29. The Morgan fingerprint density at radius 1 is 1.45 bits per heavy atom. The smallest absolute Gasteiger partial charge is 0.257 e. The maximum Gasteiger partial charge on any atom is 0.257 e. The molecule has 1 atom stereocenters. The van der Waals surface area contributed by atoms with E-state index < -0.39 is 0 Å². The second-order valence-corrected chi connectivity index (χ2v) is 2.80. The molecule has 1 aromatic rings. The highest BCUT2D eigenvalue weighted by Crippen LogP contribution is 2.18. The molecule has 3 N–H and O–H groups in total. The van der Waals surface area contributed by atoms with Gasteiger partial charge in [0, 0.05) is 6.20 Å². The maximum atomic E-state index is 11.1. The Labute approximate surface area is 68.8 Å². The first-order valence-electron chi connectivity index (χ1n) is 3.20. The topological polar surface area (TPSA) is 56.9 Å². The van der Waals surface area contributed by atoms with E-state index >= 15 is 0 Å². The molecule has 0 fully saturated rings. The normalized spacial score (nSPS) is 21.9. The number of carbonyl (C=O) groups excluding carboxylic acids is 1. The van der Waals surface area contributed by atoms with Crippen LogP contribution < -0.4 is 10.6 Å². The van der Waals surface area contributed by atoms with Crippen molar-refractivity contribution in [3.8, 4) is 0 Å². The molecular weight excluding hydrogens is 162 g/mol. The number of hydrogen-bond donors (Lipinski definition) is 4. The van der Waals surface area contributed by atoms with Crippen LogP contribution in [0.15, 0.2) is 12.3 Å². The van der Waals surface area contributed by atoms with Crippen LogP contribution in [-0.2, 0) is 0 Å². The average Bonchev–Trinajstić information content (AvgIpc) is 2.34. The summed E-state index contributed by atoms with van der Waals surface area (Å²) in [6, 6.07) is 1.72. The van der Waals surface area contributed by atoms with Gasteiger partial charge in [-0.3, -0.25) is 4.79 Å². The Bertz CT molecular complexity index is 296. The number of thiol groups is 1. The Balaban J connectivity index is 2.44. The minimum absolute atomic E-state index is 0.0972. The zero-order valence-electron chi connectivity index (χ0n) is 5.59. The lowest BCUT2D eigenvalue weighted by molar-refractivity contribution is 0.0949. The highest BCUT2D eigenvalue weighted by Gasteiger charge is 2.21. The maximum absolute atomic E-state index is 11.1. The van der Waals surface area contributed by atoms with Gasteiger partial charge in [0.1, 0.15) is 11.3 Å². The molecule has 1 aliphatic rings. The average molecular weight is 169 g/mol. The standard InChI is InChI=1S/C6H7N3OS/c10-5-3-1-2-7-4(3)8-6(11)9-5/h1-2,6-8,11H,(H,9,10). The van der Waals surface area contributed by atoms with Crippen molar-refractivity contribution in [1.82, 2.24) is 10.3 Å². The van der Waals surface area contributed by atoms with Crippen molar-refractivity contribution in [3.05, 3.63) is 17.8 Å². The minimum atomic E-state index is -0.298. The number of aromatic nitrogens is 1. The molecule has 58 valence electrons. The fraction of sp³-hybridized carbons (Fsp3) is 0.167. The fourth-order valence-corrected chi connectivity index (χ4v) is 1.30. The van der Waals surface area contributed by atoms with Gasteiger partial charge in [0.25, 0.3) is 5.91 Å². The van der Waals surface area contributed by atoms with E-state index in [1.54, 1.807) is 12.3 Å². The van der Waals surface area contributed by atoms with Gasteiger partial charge in [-0.15, -0.1) is 12.6 Å². The number of hydrogen-bond acceptors (Lipinski definition) is 3. The van der Waals surface area contributed by atoms with Crippen LogP contribution in [0.5, 0.6) is 0 Å². The van der Waals surface area contributed by atoms with Crippen LogP contribution in [0.4, 0.5) is 5.82 Å². The quantitative estimate of drug-likeness (QED) is 0.424. The molecule has 0 bridgehead atoms. The highest BCUT2D eigenvalue weighted by molar-refractivity contribution is 7.81. The van der Waals surface area contributed by atoms with E-state index in [-0.39, 0.29) is 11.4 Å². The summed E-state index contributed by atoms with van der Waals surface area (Å²) >= 11 is 4.06. The predicted molar refractivity (Wildman–Crippen MR) is 44.7 cm³/mol. The van der Waals surface area contributed by atoms with Crippen LogP contribution in [-0.4, -0.2) is 16.4 Å². The Morgan fingerprint density at radius 3 is 3.09 bits per heavy atom. The lowest BCUT2D eigenvalue weighted by Gasteiger charge is -2.20. The summed E-state index contributed by atoms with van der Waals surface area (Å²) in [6.45, 7) is 0. The van der Waals surface area contributed by atoms with E-state index in [0.717, 1.165) is 5.82 Å². The van der Waals surface area contributed by atoms with Crippen molar-refractivity contribution in [2.75, 3.05) is 5.32 Å². The van der Waals surface area contributed by atoms with Crippen LogP contribution in [0, 0.1) is 0 Å². The number of rotatable bonds is 0. The molecule has 1 aliphatic heterocycles. The monoisotopic (exact) mass is 169 g/mol. The number of anilines is 1. The Hall–Kier alpha value is -1.10. The molecule has 0 radical (unpaired) electrons. The van der Waals surface area contributed by atoms with Gasteiger partial charge in [-0.05, 0) is 6.07 Å². The minimum Gasteiger partial charge on any atom is -0.348 e. The van der Waals surface area contributed by atoms with Gasteiger partial charge in [0.05, 0.1) is 5.56 Å². The van der Waals surface area contributed by atoms with Gasteiger partial charge in [-0.1, -0.05) is 0 Å². The van der Waals surface area contributed by atoms with E-state index in [1.165, 1.54) is 0 Å². The zero-order chi connectivity index (χ0) is 7.84. The molecular formula is C6H7N3OS. The Kier molecular flexibility index (Phi) is 1.32. The number of H-pyrrole nitrogens is 1. The van der Waals surface area contributed by atoms with E-state index in [0.29, 0.717) is 5.56 Å². The third kappa shape index (κ3) is 0.970. The molecule has 0 spiro atoms. The zero-order valence-corrected chi connectivity index (χ0v) is 6.48. The Morgan fingerprint density at radius 2 is 2.27 bits per heavy atom. The summed E-state index contributed by atoms with van der Waals surface area (Å²) in [5.41, 5.74) is 0.337. The van der Waals surface area contributed by atoms with Gasteiger partial charge < -0.3 is 15.6 Å². The van der Waals surface area contributed by atoms with Gasteiger partial charge in [-0.2, -0.15) is 0 Å². The van der Waals surface area contributed by atoms with Crippen molar-refractivity contribution in [3.63, 3.8) is 0 Å². The summed E-state index contributed by atoms with van der Waals surface area (Å²) in [5, 5.41) is 5.56. The SMILES string of the molecule is O=C1NC(S)Nc2[nH]ccc21. The number of fused-ring (bicyclic) bond motifs is 1. The molecule has 0 aromatic carbocycles. The lowest BCUT2D eigenvalue weighted by Crippen LogP contribution is -2.40. The van der Waals surface area contributed by atoms with Crippen LogP contribution in [0.2, 0.25) is 0 Å². The molecule has 2 rings (SSSR count). The molecule has 11 heavy (non-hydrogen) atoms. The number of nitrogens with one attached hydrogen (secondary N) is 3. The highest BCUT2D eigenvalue weighted by atomic mass is 32.1. The lowest BCUT2D eigenvalue weighted by atomic mass is 10.2. The largest absolute Gasteiger partial charge is 0.348 e. The summed E-state index contributed by atoms with van der Waals surface area (Å²) in [4.78, 5) is 14.0. The van der Waals surface area contributed by atoms with Crippen LogP contribution >= 0.6 is 12.6 Å². The molecule has 5 heteroatoms. The van der Waals surface area contributed by atoms with E-state index in [4.69, 9.17) is 0 Å². The van der Waals surface area contributed by atoms with Gasteiger partial charge in [0.15, 0.2) is 0 Å². The molecule has 1 amide bonds. The predicted octanol–water partition coefficient (Wildman–Crippen LogP) is 0.383. The van der Waals surface area contributed by atoms with E-state index in [1.807, 2.05) is 0 Å². The number of aromatic amines is 1. The van der Waals surface area contributed by atoms with Crippen molar-refractivity contribution in [1.29, 1.82) is 0 Å². The molecule has 2 heterocycles. The van der Waals surface area contributed by atoms with Crippen molar-refractivity contribution >= 4 is 24.4 Å². The van der Waals surface area contributed by atoms with E-state index in [9.17, 15) is 4.79 Å².